The Bertz CT molecular complexity index is 1100. The molecule has 0 aliphatic carbocycles. The molecular weight excluding hydrogens is 432 g/mol. The number of methoxy groups -OCH3 is 3. The van der Waals surface area contributed by atoms with Gasteiger partial charge in [0.1, 0.15) is 18.1 Å². The molecule has 0 atom stereocenters. The Balaban J connectivity index is 1.65. The number of hydrogen-bond acceptors (Lipinski definition) is 6. The van der Waals surface area contributed by atoms with Crippen LogP contribution in [0.15, 0.2) is 65.8 Å². The SMILES string of the molecule is COc1cc(OC)cc(C(=O)N/N=C\c2ccc(OCc3cccc(Cl)c3)c(OC)c2)c1. The van der Waals surface area contributed by atoms with Crippen molar-refractivity contribution < 1.29 is 23.7 Å². The van der Waals surface area contributed by atoms with Crippen LogP contribution in [0, 0.1) is 0 Å². The molecular formula is C24H23ClN2O5. The van der Waals surface area contributed by atoms with Crippen LogP contribution in [0.25, 0.3) is 0 Å². The fourth-order valence-corrected chi connectivity index (χ4v) is 3.05. The molecule has 0 radical (unpaired) electrons. The van der Waals surface area contributed by atoms with Crippen molar-refractivity contribution in [3.05, 3.63) is 82.4 Å². The molecule has 166 valence electrons. The van der Waals surface area contributed by atoms with Gasteiger partial charge in [-0.3, -0.25) is 4.79 Å². The lowest BCUT2D eigenvalue weighted by atomic mass is 10.2. The first-order valence-corrected chi connectivity index (χ1v) is 10.0. The molecule has 0 saturated heterocycles. The van der Waals surface area contributed by atoms with Gasteiger partial charge in [0.25, 0.3) is 5.91 Å². The third-order valence-corrected chi connectivity index (χ3v) is 4.70. The standard InChI is InChI=1S/C24H23ClN2O5/c1-29-20-11-18(12-21(13-20)30-2)24(28)27-26-14-16-7-8-22(23(10-16)31-3)32-15-17-5-4-6-19(25)9-17/h4-14H,15H2,1-3H3,(H,27,28)/b26-14-. The van der Waals surface area contributed by atoms with Crippen LogP contribution in [0.1, 0.15) is 21.5 Å². The molecule has 0 fully saturated rings. The third-order valence-electron chi connectivity index (χ3n) is 4.46. The van der Waals surface area contributed by atoms with Crippen LogP contribution in [-0.2, 0) is 6.61 Å². The molecule has 0 heterocycles. The number of hydrogen-bond donors (Lipinski definition) is 1. The Morgan fingerprint density at radius 2 is 1.69 bits per heavy atom. The number of hydrazone groups is 1. The van der Waals surface area contributed by atoms with Crippen LogP contribution in [0.3, 0.4) is 0 Å². The normalized spacial score (nSPS) is 10.6. The summed E-state index contributed by atoms with van der Waals surface area (Å²) >= 11 is 6.01. The monoisotopic (exact) mass is 454 g/mol. The zero-order valence-electron chi connectivity index (χ0n) is 17.9. The van der Waals surface area contributed by atoms with Crippen molar-refractivity contribution >= 4 is 23.7 Å². The Morgan fingerprint density at radius 1 is 0.938 bits per heavy atom. The van der Waals surface area contributed by atoms with Gasteiger partial charge in [-0.1, -0.05) is 23.7 Å². The first-order valence-electron chi connectivity index (χ1n) is 9.64. The van der Waals surface area contributed by atoms with Crippen molar-refractivity contribution in [3.8, 4) is 23.0 Å². The highest BCUT2D eigenvalue weighted by Gasteiger charge is 2.10. The van der Waals surface area contributed by atoms with Gasteiger partial charge in [-0.2, -0.15) is 5.10 Å². The number of amides is 1. The largest absolute Gasteiger partial charge is 0.497 e. The average molecular weight is 455 g/mol. The van der Waals surface area contributed by atoms with Crippen molar-refractivity contribution in [3.63, 3.8) is 0 Å². The minimum Gasteiger partial charge on any atom is -0.497 e. The number of nitrogens with zero attached hydrogens (tertiary/aromatic N) is 1. The molecule has 0 aliphatic heterocycles. The third kappa shape index (κ3) is 6.15. The van der Waals surface area contributed by atoms with E-state index in [1.54, 1.807) is 43.5 Å². The quantitative estimate of drug-likeness (QED) is 0.374. The fourth-order valence-electron chi connectivity index (χ4n) is 2.84. The highest BCUT2D eigenvalue weighted by molar-refractivity contribution is 6.30. The fraction of sp³-hybridized carbons (Fsp3) is 0.167. The van der Waals surface area contributed by atoms with E-state index in [1.165, 1.54) is 20.4 Å². The van der Waals surface area contributed by atoms with E-state index in [2.05, 4.69) is 10.5 Å². The number of halogens is 1. The van der Waals surface area contributed by atoms with Gasteiger partial charge in [-0.25, -0.2) is 5.43 Å². The molecule has 0 unspecified atom stereocenters. The number of benzene rings is 3. The molecule has 3 rings (SSSR count). The van der Waals surface area contributed by atoms with Crippen LogP contribution < -0.4 is 24.4 Å². The van der Waals surface area contributed by atoms with E-state index < -0.39 is 5.91 Å². The summed E-state index contributed by atoms with van der Waals surface area (Å²) in [5.74, 6) is 1.75. The molecule has 8 heteroatoms. The number of carbonyl (C=O) groups is 1. The van der Waals surface area contributed by atoms with Gasteiger partial charge in [0.2, 0.25) is 0 Å². The van der Waals surface area contributed by atoms with Crippen molar-refractivity contribution in [1.29, 1.82) is 0 Å². The number of carbonyl (C=O) groups excluding carboxylic acids is 1. The van der Waals surface area contributed by atoms with Gasteiger partial charge in [-0.15, -0.1) is 0 Å². The van der Waals surface area contributed by atoms with E-state index in [1.807, 2.05) is 24.3 Å². The first-order chi connectivity index (χ1) is 15.5. The van der Waals surface area contributed by atoms with E-state index in [-0.39, 0.29) is 0 Å². The van der Waals surface area contributed by atoms with Crippen molar-refractivity contribution in [1.82, 2.24) is 5.43 Å². The number of rotatable bonds is 9. The average Bonchev–Trinajstić information content (AvgIpc) is 2.82. The molecule has 0 bridgehead atoms. The van der Waals surface area contributed by atoms with Gasteiger partial charge in [0, 0.05) is 16.7 Å². The molecule has 0 aliphatic rings. The van der Waals surface area contributed by atoms with E-state index >= 15 is 0 Å². The minimum absolute atomic E-state index is 0.352. The summed E-state index contributed by atoms with van der Waals surface area (Å²) in [4.78, 5) is 12.4. The summed E-state index contributed by atoms with van der Waals surface area (Å²) in [6, 6.07) is 17.7. The lowest BCUT2D eigenvalue weighted by molar-refractivity contribution is 0.0954. The lowest BCUT2D eigenvalue weighted by Gasteiger charge is -2.11. The molecule has 32 heavy (non-hydrogen) atoms. The summed E-state index contributed by atoms with van der Waals surface area (Å²) in [6.45, 7) is 0.352. The molecule has 0 aromatic heterocycles. The summed E-state index contributed by atoms with van der Waals surface area (Å²) in [5.41, 5.74) is 4.52. The Kier molecular flexibility index (Phi) is 7.94. The van der Waals surface area contributed by atoms with E-state index in [9.17, 15) is 4.79 Å². The molecule has 0 spiro atoms. The summed E-state index contributed by atoms with van der Waals surface area (Å²) in [5, 5.41) is 4.67. The Labute approximate surface area is 191 Å². The predicted molar refractivity (Wildman–Crippen MR) is 123 cm³/mol. The second kappa shape index (κ2) is 11.1. The van der Waals surface area contributed by atoms with Crippen LogP contribution in [0.2, 0.25) is 5.02 Å². The molecule has 0 saturated carbocycles. The number of ether oxygens (including phenoxy) is 4. The van der Waals surface area contributed by atoms with Crippen LogP contribution in [0.4, 0.5) is 0 Å². The smallest absolute Gasteiger partial charge is 0.271 e. The Hall–Kier alpha value is -3.71. The molecule has 1 amide bonds. The van der Waals surface area contributed by atoms with E-state index in [0.29, 0.717) is 40.2 Å². The molecule has 3 aromatic rings. The molecule has 1 N–H and O–H groups in total. The maximum atomic E-state index is 12.4. The van der Waals surface area contributed by atoms with Crippen molar-refractivity contribution in [2.45, 2.75) is 6.61 Å². The van der Waals surface area contributed by atoms with E-state index in [0.717, 1.165) is 11.1 Å². The summed E-state index contributed by atoms with van der Waals surface area (Å²) in [6.07, 6.45) is 1.51. The topological polar surface area (TPSA) is 78.4 Å². The first kappa shape index (κ1) is 23.0. The highest BCUT2D eigenvalue weighted by atomic mass is 35.5. The van der Waals surface area contributed by atoms with Gasteiger partial charge in [0.15, 0.2) is 11.5 Å². The second-order valence-electron chi connectivity index (χ2n) is 6.63. The number of nitrogens with one attached hydrogen (secondary N) is 1. The zero-order chi connectivity index (χ0) is 22.9. The highest BCUT2D eigenvalue weighted by Crippen LogP contribution is 2.28. The molecule has 3 aromatic carbocycles. The van der Waals surface area contributed by atoms with Gasteiger partial charge in [0.05, 0.1) is 27.5 Å². The van der Waals surface area contributed by atoms with Crippen LogP contribution >= 0.6 is 11.6 Å². The van der Waals surface area contributed by atoms with Gasteiger partial charge < -0.3 is 18.9 Å². The summed E-state index contributed by atoms with van der Waals surface area (Å²) < 4.78 is 21.6. The Morgan fingerprint density at radius 3 is 2.34 bits per heavy atom. The second-order valence-corrected chi connectivity index (χ2v) is 7.07. The lowest BCUT2D eigenvalue weighted by Crippen LogP contribution is -2.17. The minimum atomic E-state index is -0.396. The maximum Gasteiger partial charge on any atom is 0.271 e. The summed E-state index contributed by atoms with van der Waals surface area (Å²) in [7, 11) is 4.59. The molecule has 7 nitrogen and oxygen atoms in total. The van der Waals surface area contributed by atoms with Gasteiger partial charge in [-0.05, 0) is 53.6 Å². The van der Waals surface area contributed by atoms with Crippen LogP contribution in [0.5, 0.6) is 23.0 Å². The maximum absolute atomic E-state index is 12.4. The van der Waals surface area contributed by atoms with Gasteiger partial charge >= 0.3 is 0 Å². The van der Waals surface area contributed by atoms with E-state index in [4.69, 9.17) is 30.5 Å². The van der Waals surface area contributed by atoms with Crippen molar-refractivity contribution in [2.24, 2.45) is 5.10 Å². The van der Waals surface area contributed by atoms with Crippen molar-refractivity contribution in [2.75, 3.05) is 21.3 Å². The van der Waals surface area contributed by atoms with Crippen LogP contribution in [-0.4, -0.2) is 33.5 Å². The predicted octanol–water partition coefficient (Wildman–Crippen LogP) is 4.71. The zero-order valence-corrected chi connectivity index (χ0v) is 18.7.